The van der Waals surface area contributed by atoms with E-state index in [1.165, 1.54) is 25.6 Å². The van der Waals surface area contributed by atoms with Crippen molar-refractivity contribution in [2.24, 2.45) is 11.8 Å². The third kappa shape index (κ3) is 4.65. The molecule has 0 aromatic carbocycles. The smallest absolute Gasteiger partial charge is 0.330 e. The van der Waals surface area contributed by atoms with E-state index in [9.17, 15) is 9.59 Å². The van der Waals surface area contributed by atoms with Crippen molar-refractivity contribution < 1.29 is 14.3 Å². The Morgan fingerprint density at radius 3 is 2.68 bits per heavy atom. The van der Waals surface area contributed by atoms with Gasteiger partial charge in [-0.1, -0.05) is 6.92 Å². The molecule has 1 fully saturated rings. The van der Waals surface area contributed by atoms with Crippen molar-refractivity contribution in [1.29, 1.82) is 0 Å². The predicted molar refractivity (Wildman–Crippen MR) is 82.8 cm³/mol. The number of hydrogen-bond acceptors (Lipinski definition) is 5. The van der Waals surface area contributed by atoms with E-state index in [2.05, 4.69) is 26.9 Å². The molecule has 1 amide bonds. The molecule has 1 aromatic heterocycles. The molecule has 2 rings (SSSR count). The van der Waals surface area contributed by atoms with Crippen molar-refractivity contribution in [3.8, 4) is 0 Å². The van der Waals surface area contributed by atoms with Crippen molar-refractivity contribution in [3.05, 3.63) is 24.2 Å². The summed E-state index contributed by atoms with van der Waals surface area (Å²) in [5.41, 5.74) is 0.535. The summed E-state index contributed by atoms with van der Waals surface area (Å²) in [6.45, 7) is 2.22. The van der Waals surface area contributed by atoms with Gasteiger partial charge in [-0.3, -0.25) is 4.79 Å². The number of aromatic nitrogens is 2. The number of anilines is 1. The first-order valence-corrected chi connectivity index (χ1v) is 7.47. The Morgan fingerprint density at radius 2 is 2.00 bits per heavy atom. The van der Waals surface area contributed by atoms with Crippen LogP contribution >= 0.6 is 0 Å². The fraction of sp³-hybridized carbons (Fsp3) is 0.500. The third-order valence-electron chi connectivity index (χ3n) is 3.92. The molecule has 118 valence electrons. The predicted octanol–water partition coefficient (Wildman–Crippen LogP) is 2.43. The molecule has 6 nitrogen and oxygen atoms in total. The summed E-state index contributed by atoms with van der Waals surface area (Å²) >= 11 is 0. The van der Waals surface area contributed by atoms with Crippen LogP contribution in [0.4, 0.5) is 5.82 Å². The van der Waals surface area contributed by atoms with Crippen molar-refractivity contribution in [1.82, 2.24) is 9.97 Å². The molecule has 0 radical (unpaired) electrons. The molecule has 1 saturated carbocycles. The van der Waals surface area contributed by atoms with Crippen LogP contribution in [0.1, 0.15) is 38.3 Å². The van der Waals surface area contributed by atoms with Gasteiger partial charge in [0.05, 0.1) is 12.8 Å². The summed E-state index contributed by atoms with van der Waals surface area (Å²) in [7, 11) is 1.31. The number of esters is 1. The van der Waals surface area contributed by atoms with E-state index >= 15 is 0 Å². The molecule has 1 heterocycles. The Labute approximate surface area is 130 Å². The largest absolute Gasteiger partial charge is 0.466 e. The van der Waals surface area contributed by atoms with E-state index in [0.29, 0.717) is 17.4 Å². The molecule has 0 saturated heterocycles. The molecule has 0 aliphatic heterocycles. The van der Waals surface area contributed by atoms with E-state index < -0.39 is 5.97 Å². The summed E-state index contributed by atoms with van der Waals surface area (Å²) in [5.74, 6) is 0.760. The highest BCUT2D eigenvalue weighted by Gasteiger charge is 2.24. The Morgan fingerprint density at radius 1 is 1.27 bits per heavy atom. The van der Waals surface area contributed by atoms with Gasteiger partial charge in [-0.25, -0.2) is 14.8 Å². The maximum absolute atomic E-state index is 12.2. The topological polar surface area (TPSA) is 81.2 Å². The van der Waals surface area contributed by atoms with E-state index in [1.807, 2.05) is 0 Å². The van der Waals surface area contributed by atoms with E-state index in [0.717, 1.165) is 25.7 Å². The minimum Gasteiger partial charge on any atom is -0.466 e. The highest BCUT2D eigenvalue weighted by atomic mass is 16.5. The van der Waals surface area contributed by atoms with Crippen LogP contribution < -0.4 is 5.32 Å². The monoisotopic (exact) mass is 303 g/mol. The summed E-state index contributed by atoms with van der Waals surface area (Å²) in [5, 5.41) is 2.83. The van der Waals surface area contributed by atoms with Gasteiger partial charge in [-0.15, -0.1) is 0 Å². The van der Waals surface area contributed by atoms with Crippen molar-refractivity contribution in [3.63, 3.8) is 0 Å². The first-order chi connectivity index (χ1) is 10.6. The van der Waals surface area contributed by atoms with Crippen LogP contribution in [-0.4, -0.2) is 29.0 Å². The van der Waals surface area contributed by atoms with Crippen LogP contribution in [0, 0.1) is 11.8 Å². The third-order valence-corrected chi connectivity index (χ3v) is 3.92. The molecular formula is C16H21N3O3. The molecule has 1 N–H and O–H groups in total. The highest BCUT2D eigenvalue weighted by Crippen LogP contribution is 2.28. The molecular weight excluding hydrogens is 282 g/mol. The normalized spacial score (nSPS) is 21.5. The first-order valence-electron chi connectivity index (χ1n) is 7.47. The molecule has 0 atom stereocenters. The number of ether oxygens (including phenoxy) is 1. The van der Waals surface area contributed by atoms with Crippen molar-refractivity contribution in [2.75, 3.05) is 12.4 Å². The Balaban J connectivity index is 1.96. The fourth-order valence-electron chi connectivity index (χ4n) is 2.50. The summed E-state index contributed by atoms with van der Waals surface area (Å²) < 4.78 is 4.52. The highest BCUT2D eigenvalue weighted by molar-refractivity contribution is 5.92. The van der Waals surface area contributed by atoms with Gasteiger partial charge in [0.15, 0.2) is 0 Å². The zero-order valence-corrected chi connectivity index (χ0v) is 12.9. The first kappa shape index (κ1) is 16.1. The zero-order valence-electron chi connectivity index (χ0n) is 12.9. The lowest BCUT2D eigenvalue weighted by molar-refractivity contribution is -0.134. The van der Waals surface area contributed by atoms with Crippen LogP contribution in [0.2, 0.25) is 0 Å². The molecule has 1 aliphatic carbocycles. The van der Waals surface area contributed by atoms with Crippen molar-refractivity contribution >= 4 is 23.8 Å². The average Bonchev–Trinajstić information content (AvgIpc) is 2.53. The van der Waals surface area contributed by atoms with Gasteiger partial charge < -0.3 is 10.1 Å². The van der Waals surface area contributed by atoms with Gasteiger partial charge in [0.25, 0.3) is 0 Å². The lowest BCUT2D eigenvalue weighted by Crippen LogP contribution is -2.27. The SMILES string of the molecule is COC(=O)/C=C/c1cc(NC(=O)C2CCC(C)CC2)ncn1. The quantitative estimate of drug-likeness (QED) is 0.682. The maximum atomic E-state index is 12.2. The maximum Gasteiger partial charge on any atom is 0.330 e. The lowest BCUT2D eigenvalue weighted by atomic mass is 9.82. The number of methoxy groups -OCH3 is 1. The van der Waals surface area contributed by atoms with Crippen LogP contribution in [-0.2, 0) is 14.3 Å². The number of rotatable bonds is 4. The molecule has 1 aliphatic rings. The van der Waals surface area contributed by atoms with E-state index in [4.69, 9.17) is 0 Å². The van der Waals surface area contributed by atoms with Crippen LogP contribution in [0.25, 0.3) is 6.08 Å². The van der Waals surface area contributed by atoms with Gasteiger partial charge in [-0.2, -0.15) is 0 Å². The molecule has 0 spiro atoms. The second-order valence-electron chi connectivity index (χ2n) is 5.63. The summed E-state index contributed by atoms with van der Waals surface area (Å²) in [4.78, 5) is 31.4. The van der Waals surface area contributed by atoms with E-state index in [1.54, 1.807) is 6.07 Å². The summed E-state index contributed by atoms with van der Waals surface area (Å²) in [6.07, 6.45) is 8.18. The standard InChI is InChI=1S/C16H21N3O3/c1-11-3-5-12(6-4-11)16(21)19-14-9-13(17-10-18-14)7-8-15(20)22-2/h7-12H,3-6H2,1-2H3,(H,17,18,19,21)/b8-7+. The van der Waals surface area contributed by atoms with Crippen LogP contribution in [0.15, 0.2) is 18.5 Å². The molecule has 1 aromatic rings. The number of carbonyl (C=O) groups excluding carboxylic acids is 2. The number of amides is 1. The number of nitrogens with zero attached hydrogens (tertiary/aromatic N) is 2. The second-order valence-corrected chi connectivity index (χ2v) is 5.63. The zero-order chi connectivity index (χ0) is 15.9. The fourth-order valence-corrected chi connectivity index (χ4v) is 2.50. The molecule has 0 unspecified atom stereocenters. The van der Waals surface area contributed by atoms with Gasteiger partial charge in [-0.05, 0) is 37.7 Å². The average molecular weight is 303 g/mol. The minimum atomic E-state index is -0.458. The molecule has 0 bridgehead atoms. The minimum absolute atomic E-state index is 0.00787. The van der Waals surface area contributed by atoms with Gasteiger partial charge in [0, 0.05) is 18.1 Å². The molecule has 22 heavy (non-hydrogen) atoms. The van der Waals surface area contributed by atoms with Crippen molar-refractivity contribution in [2.45, 2.75) is 32.6 Å². The molecule has 6 heteroatoms. The summed E-state index contributed by atoms with van der Waals surface area (Å²) in [6, 6.07) is 1.63. The number of nitrogens with one attached hydrogen (secondary N) is 1. The van der Waals surface area contributed by atoms with Gasteiger partial charge in [0.1, 0.15) is 12.1 Å². The Bertz CT molecular complexity index is 564. The Hall–Kier alpha value is -2.24. The number of carbonyl (C=O) groups is 2. The Kier molecular flexibility index (Phi) is 5.63. The lowest BCUT2D eigenvalue weighted by Gasteiger charge is -2.25. The van der Waals surface area contributed by atoms with E-state index in [-0.39, 0.29) is 11.8 Å². The van der Waals surface area contributed by atoms with Gasteiger partial charge >= 0.3 is 5.97 Å². The van der Waals surface area contributed by atoms with Gasteiger partial charge in [0.2, 0.25) is 5.91 Å². The second kappa shape index (κ2) is 7.68. The van der Waals surface area contributed by atoms with Crippen LogP contribution in [0.3, 0.4) is 0 Å². The number of hydrogen-bond donors (Lipinski definition) is 1. The van der Waals surface area contributed by atoms with Crippen LogP contribution in [0.5, 0.6) is 0 Å².